The number of hydrogen-bond donors (Lipinski definition) is 2. The van der Waals surface area contributed by atoms with Gasteiger partial charge in [0.15, 0.2) is 0 Å². The van der Waals surface area contributed by atoms with Crippen LogP contribution in [0.3, 0.4) is 0 Å². The number of halogens is 2. The summed E-state index contributed by atoms with van der Waals surface area (Å²) in [5, 5.41) is 4.41. The minimum Gasteiger partial charge on any atom is -0.376 e. The summed E-state index contributed by atoms with van der Waals surface area (Å²) in [6.07, 6.45) is 1.99. The number of H-pyrrole nitrogens is 1. The molecule has 0 aliphatic carbocycles. The number of benzene rings is 2. The van der Waals surface area contributed by atoms with Gasteiger partial charge in [-0.15, -0.1) is 0 Å². The molecular formula is C21H19F2N3O2. The van der Waals surface area contributed by atoms with Crippen molar-refractivity contribution in [1.82, 2.24) is 9.88 Å². The molecule has 1 amide bonds. The maximum atomic E-state index is 14.2. The largest absolute Gasteiger partial charge is 0.376 e. The predicted molar refractivity (Wildman–Crippen MR) is 103 cm³/mol. The van der Waals surface area contributed by atoms with Crippen LogP contribution in [0.1, 0.15) is 24.1 Å². The number of rotatable bonds is 3. The number of aromatic nitrogens is 1. The highest BCUT2D eigenvalue weighted by atomic mass is 19.1. The fraction of sp³-hybridized carbons (Fsp3) is 0.238. The molecule has 2 N–H and O–H groups in total. The van der Waals surface area contributed by atoms with Crippen LogP contribution in [-0.2, 0) is 11.2 Å². The van der Waals surface area contributed by atoms with Gasteiger partial charge < -0.3 is 15.2 Å². The molecule has 0 saturated heterocycles. The fourth-order valence-electron chi connectivity index (χ4n) is 3.83. The third-order valence-corrected chi connectivity index (χ3v) is 5.22. The number of anilines is 1. The summed E-state index contributed by atoms with van der Waals surface area (Å²) in [5.41, 5.74) is 1.54. The molecule has 0 radical (unpaired) electrons. The zero-order chi connectivity index (χ0) is 19.8. The van der Waals surface area contributed by atoms with Crippen molar-refractivity contribution in [3.05, 3.63) is 75.7 Å². The van der Waals surface area contributed by atoms with Gasteiger partial charge in [0.25, 0.3) is 5.56 Å². The van der Waals surface area contributed by atoms with E-state index >= 15 is 0 Å². The Morgan fingerprint density at radius 3 is 2.89 bits per heavy atom. The highest BCUT2D eigenvalue weighted by molar-refractivity contribution is 5.86. The molecule has 0 fully saturated rings. The van der Waals surface area contributed by atoms with Gasteiger partial charge in [0.05, 0.1) is 12.6 Å². The Balaban J connectivity index is 1.49. The lowest BCUT2D eigenvalue weighted by Crippen LogP contribution is -2.42. The van der Waals surface area contributed by atoms with Crippen LogP contribution in [0.25, 0.3) is 10.8 Å². The van der Waals surface area contributed by atoms with Crippen LogP contribution in [0.15, 0.2) is 47.4 Å². The molecule has 1 unspecified atom stereocenters. The van der Waals surface area contributed by atoms with E-state index in [2.05, 4.69) is 10.3 Å². The lowest BCUT2D eigenvalue weighted by molar-refractivity contribution is -0.131. The summed E-state index contributed by atoms with van der Waals surface area (Å²) in [6, 6.07) is 8.76. The van der Waals surface area contributed by atoms with Crippen LogP contribution >= 0.6 is 0 Å². The average molecular weight is 383 g/mol. The van der Waals surface area contributed by atoms with Gasteiger partial charge >= 0.3 is 0 Å². The minimum atomic E-state index is -0.618. The molecule has 5 nitrogen and oxygen atoms in total. The second-order valence-electron chi connectivity index (χ2n) is 6.94. The number of hydrogen-bond acceptors (Lipinski definition) is 3. The molecule has 1 aliphatic rings. The van der Waals surface area contributed by atoms with E-state index in [1.807, 2.05) is 0 Å². The van der Waals surface area contributed by atoms with E-state index in [0.29, 0.717) is 35.2 Å². The first-order valence-corrected chi connectivity index (χ1v) is 9.06. The summed E-state index contributed by atoms with van der Waals surface area (Å²) >= 11 is 0. The van der Waals surface area contributed by atoms with Gasteiger partial charge in [-0.2, -0.15) is 0 Å². The Kier molecular flexibility index (Phi) is 4.58. The zero-order valence-corrected chi connectivity index (χ0v) is 15.3. The molecule has 144 valence electrons. The van der Waals surface area contributed by atoms with Gasteiger partial charge in [0, 0.05) is 35.4 Å². The molecule has 0 saturated carbocycles. The zero-order valence-electron chi connectivity index (χ0n) is 15.3. The normalized spacial score (nSPS) is 16.1. The topological polar surface area (TPSA) is 65.2 Å². The lowest BCUT2D eigenvalue weighted by Gasteiger charge is -2.35. The first-order chi connectivity index (χ1) is 13.4. The first-order valence-electron chi connectivity index (χ1n) is 9.06. The Morgan fingerprint density at radius 2 is 2.07 bits per heavy atom. The molecule has 28 heavy (non-hydrogen) atoms. The van der Waals surface area contributed by atoms with Crippen molar-refractivity contribution in [2.24, 2.45) is 0 Å². The molecule has 7 heteroatoms. The number of amides is 1. The smallest absolute Gasteiger partial charge is 0.255 e. The summed E-state index contributed by atoms with van der Waals surface area (Å²) in [7, 11) is 0. The van der Waals surface area contributed by atoms with E-state index in [4.69, 9.17) is 0 Å². The van der Waals surface area contributed by atoms with E-state index in [1.54, 1.807) is 42.3 Å². The SMILES string of the molecule is CC1c2c(F)cc(F)cc2CCN1C(=O)CNc1ccc2c(=O)[nH]ccc2c1. The van der Waals surface area contributed by atoms with E-state index in [1.165, 1.54) is 6.07 Å². The van der Waals surface area contributed by atoms with Gasteiger partial charge in [-0.3, -0.25) is 9.59 Å². The van der Waals surface area contributed by atoms with Crippen molar-refractivity contribution in [2.45, 2.75) is 19.4 Å². The van der Waals surface area contributed by atoms with Crippen LogP contribution in [0, 0.1) is 11.6 Å². The van der Waals surface area contributed by atoms with Crippen molar-refractivity contribution in [2.75, 3.05) is 18.4 Å². The van der Waals surface area contributed by atoms with Gasteiger partial charge in [-0.1, -0.05) is 0 Å². The molecule has 3 aromatic rings. The van der Waals surface area contributed by atoms with Crippen LogP contribution < -0.4 is 10.9 Å². The molecule has 1 aliphatic heterocycles. The highest BCUT2D eigenvalue weighted by Crippen LogP contribution is 2.32. The quantitative estimate of drug-likeness (QED) is 0.729. The maximum Gasteiger partial charge on any atom is 0.255 e. The van der Waals surface area contributed by atoms with Crippen molar-refractivity contribution >= 4 is 22.4 Å². The number of nitrogens with zero attached hydrogens (tertiary/aromatic N) is 1. The Bertz CT molecular complexity index is 1130. The van der Waals surface area contributed by atoms with Crippen LogP contribution in [0.2, 0.25) is 0 Å². The van der Waals surface area contributed by atoms with Crippen LogP contribution in [0.4, 0.5) is 14.5 Å². The molecule has 1 atom stereocenters. The Hall–Kier alpha value is -3.22. The molecule has 1 aromatic heterocycles. The number of carbonyl (C=O) groups is 1. The Labute approximate surface area is 160 Å². The second-order valence-corrected chi connectivity index (χ2v) is 6.94. The van der Waals surface area contributed by atoms with Gasteiger partial charge in [0.1, 0.15) is 11.6 Å². The molecule has 2 heterocycles. The number of carbonyl (C=O) groups excluding carboxylic acids is 1. The number of nitrogens with one attached hydrogen (secondary N) is 2. The third kappa shape index (κ3) is 3.24. The number of pyridine rings is 1. The lowest BCUT2D eigenvalue weighted by atomic mass is 9.92. The minimum absolute atomic E-state index is 0.0389. The highest BCUT2D eigenvalue weighted by Gasteiger charge is 2.30. The van der Waals surface area contributed by atoms with E-state index in [-0.39, 0.29) is 18.0 Å². The van der Waals surface area contributed by atoms with Crippen LogP contribution in [-0.4, -0.2) is 28.9 Å². The van der Waals surface area contributed by atoms with Crippen molar-refractivity contribution < 1.29 is 13.6 Å². The van der Waals surface area contributed by atoms with Gasteiger partial charge in [-0.05, 0) is 54.6 Å². The van der Waals surface area contributed by atoms with Crippen LogP contribution in [0.5, 0.6) is 0 Å². The summed E-state index contributed by atoms with van der Waals surface area (Å²) < 4.78 is 27.7. The van der Waals surface area contributed by atoms with Crippen molar-refractivity contribution in [3.8, 4) is 0 Å². The molecular weight excluding hydrogens is 364 g/mol. The monoisotopic (exact) mass is 383 g/mol. The second kappa shape index (κ2) is 7.07. The molecule has 0 spiro atoms. The third-order valence-electron chi connectivity index (χ3n) is 5.22. The van der Waals surface area contributed by atoms with Crippen molar-refractivity contribution in [3.63, 3.8) is 0 Å². The van der Waals surface area contributed by atoms with E-state index in [0.717, 1.165) is 11.5 Å². The molecule has 0 bridgehead atoms. The van der Waals surface area contributed by atoms with Gasteiger partial charge in [-0.25, -0.2) is 8.78 Å². The molecule has 2 aromatic carbocycles. The number of fused-ring (bicyclic) bond motifs is 2. The molecule has 4 rings (SSSR count). The standard InChI is InChI=1S/C21H19F2N3O2/c1-12-20-14(8-15(22)10-18(20)23)5-7-26(12)19(27)11-25-16-2-3-17-13(9-16)4-6-24-21(17)28/h2-4,6,8-10,12,25H,5,7,11H2,1H3,(H,24,28). The van der Waals surface area contributed by atoms with Gasteiger partial charge in [0.2, 0.25) is 5.91 Å². The Morgan fingerprint density at radius 1 is 1.25 bits per heavy atom. The van der Waals surface area contributed by atoms with E-state index < -0.39 is 17.7 Å². The average Bonchev–Trinajstić information content (AvgIpc) is 2.66. The first kappa shape index (κ1) is 18.2. The maximum absolute atomic E-state index is 14.2. The summed E-state index contributed by atoms with van der Waals surface area (Å²) in [6.45, 7) is 2.20. The predicted octanol–water partition coefficient (Wildman–Crippen LogP) is 3.36. The number of aromatic amines is 1. The van der Waals surface area contributed by atoms with E-state index in [9.17, 15) is 18.4 Å². The summed E-state index contributed by atoms with van der Waals surface area (Å²) in [5.74, 6) is -1.39. The fourth-order valence-corrected chi connectivity index (χ4v) is 3.83. The summed E-state index contributed by atoms with van der Waals surface area (Å²) in [4.78, 5) is 28.7. The van der Waals surface area contributed by atoms with Crippen molar-refractivity contribution in [1.29, 1.82) is 0 Å².